The lowest BCUT2D eigenvalue weighted by atomic mass is 10.2. The maximum absolute atomic E-state index is 11.0. The van der Waals surface area contributed by atoms with Crippen molar-refractivity contribution < 1.29 is 15.0 Å². The molecule has 19 heavy (non-hydrogen) atoms. The molecule has 0 spiro atoms. The van der Waals surface area contributed by atoms with Crippen LogP contribution in [0.2, 0.25) is 0 Å². The van der Waals surface area contributed by atoms with Gasteiger partial charge >= 0.3 is 0 Å². The predicted octanol–water partition coefficient (Wildman–Crippen LogP) is -0.754. The number of likely N-dealkylation sites (tertiary alicyclic amines) is 1. The first-order valence-corrected chi connectivity index (χ1v) is 6.46. The smallest absolute Gasteiger partial charge is 0.169 e. The molecule has 0 aliphatic carbocycles. The molecule has 2 unspecified atom stereocenters. The van der Waals surface area contributed by atoms with Crippen molar-refractivity contribution in [3.8, 4) is 0 Å². The van der Waals surface area contributed by atoms with Crippen LogP contribution in [0.4, 0.5) is 0 Å². The van der Waals surface area contributed by atoms with Gasteiger partial charge in [-0.25, -0.2) is 0 Å². The van der Waals surface area contributed by atoms with Crippen molar-refractivity contribution in [3.05, 3.63) is 35.9 Å². The highest BCUT2D eigenvalue weighted by molar-refractivity contribution is 7.80. The van der Waals surface area contributed by atoms with E-state index < -0.39 is 18.1 Å². The lowest BCUT2D eigenvalue weighted by Crippen LogP contribution is -2.50. The average molecular weight is 279 g/mol. The minimum Gasteiger partial charge on any atom is -0.548 e. The number of nitrogens with zero attached hydrogens (tertiary/aromatic N) is 1. The maximum atomic E-state index is 11.0. The van der Waals surface area contributed by atoms with E-state index in [-0.39, 0.29) is 13.0 Å². The van der Waals surface area contributed by atoms with Crippen LogP contribution >= 0.6 is 12.2 Å². The Balaban J connectivity index is 1.94. The highest BCUT2D eigenvalue weighted by atomic mass is 32.1. The zero-order valence-electron chi connectivity index (χ0n) is 10.3. The van der Waals surface area contributed by atoms with Crippen LogP contribution in [0, 0.1) is 0 Å². The third kappa shape index (κ3) is 3.42. The Kier molecular flexibility index (Phi) is 4.34. The van der Waals surface area contributed by atoms with Gasteiger partial charge in [0, 0.05) is 19.5 Å². The second-order valence-electron chi connectivity index (χ2n) is 4.52. The third-order valence-electron chi connectivity index (χ3n) is 3.10. The van der Waals surface area contributed by atoms with Crippen LogP contribution in [0.5, 0.6) is 0 Å². The van der Waals surface area contributed by atoms with Gasteiger partial charge in [0.05, 0.1) is 18.1 Å². The molecule has 6 heteroatoms. The highest BCUT2D eigenvalue weighted by Crippen LogP contribution is 2.17. The number of carboxylic acids is 1. The molecule has 2 atom stereocenters. The summed E-state index contributed by atoms with van der Waals surface area (Å²) in [6.45, 7) is 0.741. The number of hydrogen-bond acceptors (Lipinski definition) is 4. The summed E-state index contributed by atoms with van der Waals surface area (Å²) in [4.78, 5) is 12.5. The number of aliphatic hydroxyl groups excluding tert-OH is 1. The first kappa shape index (κ1) is 13.8. The van der Waals surface area contributed by atoms with Crippen molar-refractivity contribution in [3.63, 3.8) is 0 Å². The van der Waals surface area contributed by atoms with Crippen molar-refractivity contribution in [2.75, 3.05) is 6.54 Å². The number of carbonyl (C=O) groups excluding carboxylic acids is 1. The number of nitrogens with one attached hydrogen (secondary N) is 1. The molecular weight excluding hydrogens is 264 g/mol. The zero-order chi connectivity index (χ0) is 13.8. The lowest BCUT2D eigenvalue weighted by Gasteiger charge is -2.27. The summed E-state index contributed by atoms with van der Waals surface area (Å²) in [6.07, 6.45) is -0.533. The lowest BCUT2D eigenvalue weighted by molar-refractivity contribution is -0.310. The van der Waals surface area contributed by atoms with E-state index in [0.29, 0.717) is 11.7 Å². The fraction of sp³-hybridized carbons (Fsp3) is 0.385. The fourth-order valence-corrected chi connectivity index (χ4v) is 2.41. The summed E-state index contributed by atoms with van der Waals surface area (Å²) in [5.41, 5.74) is 1.05. The van der Waals surface area contributed by atoms with E-state index in [4.69, 9.17) is 12.2 Å². The van der Waals surface area contributed by atoms with Crippen molar-refractivity contribution in [1.29, 1.82) is 0 Å². The average Bonchev–Trinajstić information content (AvgIpc) is 2.79. The van der Waals surface area contributed by atoms with Gasteiger partial charge in [0.15, 0.2) is 5.11 Å². The van der Waals surface area contributed by atoms with Crippen LogP contribution in [0.1, 0.15) is 12.0 Å². The van der Waals surface area contributed by atoms with Crippen molar-refractivity contribution in [1.82, 2.24) is 10.2 Å². The Labute approximate surface area is 116 Å². The van der Waals surface area contributed by atoms with E-state index in [1.54, 1.807) is 0 Å². The van der Waals surface area contributed by atoms with E-state index in [2.05, 4.69) is 5.32 Å². The minimum atomic E-state index is -1.21. The largest absolute Gasteiger partial charge is 0.548 e. The molecule has 1 aromatic rings. The molecule has 0 amide bonds. The number of benzene rings is 1. The van der Waals surface area contributed by atoms with Crippen LogP contribution < -0.4 is 10.4 Å². The molecule has 1 saturated heterocycles. The van der Waals surface area contributed by atoms with Crippen molar-refractivity contribution in [2.45, 2.75) is 25.1 Å². The number of aliphatic carboxylic acids is 1. The zero-order valence-corrected chi connectivity index (χ0v) is 11.1. The molecule has 1 aliphatic heterocycles. The van der Waals surface area contributed by atoms with Gasteiger partial charge < -0.3 is 25.2 Å². The van der Waals surface area contributed by atoms with Gasteiger partial charge in [-0.2, -0.15) is 0 Å². The number of rotatable bonds is 3. The predicted molar refractivity (Wildman–Crippen MR) is 72.0 cm³/mol. The SMILES string of the molecule is O=C([O-])C1CC(O)CN1C(=S)NCc1ccccc1. The number of carbonyl (C=O) groups is 1. The van der Waals surface area contributed by atoms with Crippen LogP contribution in [0.3, 0.4) is 0 Å². The normalized spacial score (nSPS) is 22.3. The molecule has 2 N–H and O–H groups in total. The van der Waals surface area contributed by atoms with Gasteiger partial charge in [0.2, 0.25) is 0 Å². The molecular formula is C13H15N2O3S-. The van der Waals surface area contributed by atoms with E-state index in [0.717, 1.165) is 5.56 Å². The van der Waals surface area contributed by atoms with E-state index in [1.807, 2.05) is 30.3 Å². The summed E-state index contributed by atoms with van der Waals surface area (Å²) in [5, 5.41) is 23.8. The van der Waals surface area contributed by atoms with Crippen LogP contribution in [-0.2, 0) is 11.3 Å². The Morgan fingerprint density at radius 1 is 1.47 bits per heavy atom. The number of aliphatic hydroxyl groups is 1. The second-order valence-corrected chi connectivity index (χ2v) is 4.91. The Bertz CT molecular complexity index is 466. The molecule has 1 heterocycles. The summed E-state index contributed by atoms with van der Waals surface area (Å²) < 4.78 is 0. The van der Waals surface area contributed by atoms with Crippen molar-refractivity contribution >= 4 is 23.3 Å². The Hall–Kier alpha value is -1.66. The number of β-amino-alcohol motifs (C(OH)–C–C–N with tert-alkyl or cyclic N) is 1. The van der Waals surface area contributed by atoms with Gasteiger partial charge in [-0.1, -0.05) is 30.3 Å². The number of hydrogen-bond donors (Lipinski definition) is 2. The number of thiocarbonyl (C=S) groups is 1. The first-order chi connectivity index (χ1) is 9.08. The minimum absolute atomic E-state index is 0.148. The monoisotopic (exact) mass is 279 g/mol. The topological polar surface area (TPSA) is 75.6 Å². The summed E-state index contributed by atoms with van der Waals surface area (Å²) in [5.74, 6) is -1.21. The van der Waals surface area contributed by atoms with Crippen LogP contribution in [0.25, 0.3) is 0 Å². The van der Waals surface area contributed by atoms with Gasteiger partial charge in [0.1, 0.15) is 0 Å². The van der Waals surface area contributed by atoms with Crippen LogP contribution in [-0.4, -0.2) is 39.8 Å². The first-order valence-electron chi connectivity index (χ1n) is 6.05. The van der Waals surface area contributed by atoms with E-state index in [9.17, 15) is 15.0 Å². The molecule has 0 bridgehead atoms. The molecule has 1 aromatic carbocycles. The molecule has 1 fully saturated rings. The molecule has 102 valence electrons. The van der Waals surface area contributed by atoms with Gasteiger partial charge in [-0.3, -0.25) is 0 Å². The third-order valence-corrected chi connectivity index (χ3v) is 3.48. The fourth-order valence-electron chi connectivity index (χ4n) is 2.14. The second kappa shape index (κ2) is 5.99. The molecule has 5 nitrogen and oxygen atoms in total. The van der Waals surface area contributed by atoms with Crippen molar-refractivity contribution in [2.24, 2.45) is 0 Å². The molecule has 0 aromatic heterocycles. The summed E-state index contributed by atoms with van der Waals surface area (Å²) in [6, 6.07) is 8.80. The summed E-state index contributed by atoms with van der Waals surface area (Å²) in [7, 11) is 0. The summed E-state index contributed by atoms with van der Waals surface area (Å²) >= 11 is 5.17. The van der Waals surface area contributed by atoms with E-state index >= 15 is 0 Å². The molecule has 0 saturated carbocycles. The van der Waals surface area contributed by atoms with Gasteiger partial charge in [-0.15, -0.1) is 0 Å². The number of carboxylic acid groups (broad SMARTS) is 1. The highest BCUT2D eigenvalue weighted by Gasteiger charge is 2.33. The molecule has 0 radical (unpaired) electrons. The van der Waals surface area contributed by atoms with Crippen LogP contribution in [0.15, 0.2) is 30.3 Å². The quantitative estimate of drug-likeness (QED) is 0.709. The molecule has 2 rings (SSSR count). The Morgan fingerprint density at radius 3 is 2.79 bits per heavy atom. The molecule has 1 aliphatic rings. The van der Waals surface area contributed by atoms with Gasteiger partial charge in [0.25, 0.3) is 0 Å². The maximum Gasteiger partial charge on any atom is 0.169 e. The standard InChI is InChI=1S/C13H16N2O3S/c16-10-6-11(12(17)18)15(8-10)13(19)14-7-9-4-2-1-3-5-9/h1-5,10-11,16H,6-8H2,(H,14,19)(H,17,18)/p-1. The Morgan fingerprint density at radius 2 is 2.16 bits per heavy atom. The van der Waals surface area contributed by atoms with Gasteiger partial charge in [-0.05, 0) is 17.8 Å². The van der Waals surface area contributed by atoms with E-state index in [1.165, 1.54) is 4.90 Å².